The van der Waals surface area contributed by atoms with Crippen molar-refractivity contribution in [3.05, 3.63) is 58.8 Å². The molecular formula is C16H11N3O4S. The maximum absolute atomic E-state index is 12.0. The number of hydrogen-bond acceptors (Lipinski definition) is 6. The van der Waals surface area contributed by atoms with Gasteiger partial charge in [0.25, 0.3) is 5.91 Å². The summed E-state index contributed by atoms with van der Waals surface area (Å²) in [5.74, 6) is -1.88. The molecule has 2 heterocycles. The highest BCUT2D eigenvalue weighted by Gasteiger charge is 2.24. The second-order valence-electron chi connectivity index (χ2n) is 4.77. The number of rotatable bonds is 3. The Morgan fingerprint density at radius 3 is 2.71 bits per heavy atom. The molecule has 1 aromatic carbocycles. The van der Waals surface area contributed by atoms with Gasteiger partial charge in [0.1, 0.15) is 11.3 Å². The number of benzene rings is 1. The fourth-order valence-electron chi connectivity index (χ4n) is 1.97. The van der Waals surface area contributed by atoms with Gasteiger partial charge < -0.3 is 15.5 Å². The number of carbonyl (C=O) groups is 2. The van der Waals surface area contributed by atoms with Crippen LogP contribution in [0.1, 0.15) is 15.9 Å². The maximum Gasteiger partial charge on any atom is 0.339 e. The number of carboxylic acids is 1. The monoisotopic (exact) mass is 341 g/mol. The molecule has 120 valence electrons. The number of nitrogens with zero attached hydrogens (tertiary/aromatic N) is 2. The van der Waals surface area contributed by atoms with Crippen molar-refractivity contribution in [2.75, 3.05) is 0 Å². The van der Waals surface area contributed by atoms with Gasteiger partial charge in [-0.05, 0) is 53.7 Å². The first-order chi connectivity index (χ1) is 11.5. The first kappa shape index (κ1) is 15.8. The van der Waals surface area contributed by atoms with Gasteiger partial charge in [-0.1, -0.05) is 0 Å². The number of amides is 1. The summed E-state index contributed by atoms with van der Waals surface area (Å²) in [6.07, 6.45) is 4.97. The lowest BCUT2D eigenvalue weighted by molar-refractivity contribution is -0.115. The summed E-state index contributed by atoms with van der Waals surface area (Å²) >= 11 is 1.15. The van der Waals surface area contributed by atoms with Crippen LogP contribution in [0.4, 0.5) is 5.69 Å². The number of thioether (sulfide) groups is 1. The summed E-state index contributed by atoms with van der Waals surface area (Å²) in [5.41, 5.74) is 0.901. The highest BCUT2D eigenvalue weighted by Crippen LogP contribution is 2.29. The quantitative estimate of drug-likeness (QED) is 0.739. The van der Waals surface area contributed by atoms with E-state index in [0.717, 1.165) is 17.3 Å². The smallest absolute Gasteiger partial charge is 0.339 e. The molecule has 0 radical (unpaired) electrons. The second kappa shape index (κ2) is 6.55. The molecule has 7 nitrogen and oxygen atoms in total. The number of aliphatic imine (C=N–C) groups is 1. The average molecular weight is 341 g/mol. The third-order valence-electron chi connectivity index (χ3n) is 3.10. The van der Waals surface area contributed by atoms with E-state index in [4.69, 9.17) is 5.11 Å². The van der Waals surface area contributed by atoms with E-state index in [1.165, 1.54) is 18.2 Å². The van der Waals surface area contributed by atoms with Crippen LogP contribution < -0.4 is 5.32 Å². The van der Waals surface area contributed by atoms with Gasteiger partial charge >= 0.3 is 5.97 Å². The van der Waals surface area contributed by atoms with Crippen LogP contribution in [0, 0.1) is 0 Å². The number of pyridine rings is 1. The highest BCUT2D eigenvalue weighted by atomic mass is 32.2. The zero-order valence-corrected chi connectivity index (χ0v) is 12.9. The Bertz CT molecular complexity index is 878. The molecule has 3 N–H and O–H groups in total. The largest absolute Gasteiger partial charge is 0.507 e. The van der Waals surface area contributed by atoms with E-state index in [9.17, 15) is 14.7 Å². The average Bonchev–Trinajstić information content (AvgIpc) is 2.89. The van der Waals surface area contributed by atoms with Gasteiger partial charge in [0.05, 0.1) is 10.6 Å². The predicted molar refractivity (Wildman–Crippen MR) is 90.1 cm³/mol. The number of aromatic carboxylic acids is 1. The van der Waals surface area contributed by atoms with Crippen LogP contribution in [0.15, 0.2) is 52.6 Å². The summed E-state index contributed by atoms with van der Waals surface area (Å²) in [6.45, 7) is 0. The Balaban J connectivity index is 1.86. The SMILES string of the molecule is O=C1NC(=Nc2ccc(O)c(C(=O)O)c2)S/C1=C\c1ccncc1. The van der Waals surface area contributed by atoms with Crippen molar-refractivity contribution in [2.45, 2.75) is 0 Å². The third kappa shape index (κ3) is 3.44. The van der Waals surface area contributed by atoms with Crippen LogP contribution >= 0.6 is 11.8 Å². The molecule has 1 aliphatic heterocycles. The zero-order chi connectivity index (χ0) is 17.1. The van der Waals surface area contributed by atoms with Crippen LogP contribution in [0.2, 0.25) is 0 Å². The van der Waals surface area contributed by atoms with Crippen molar-refractivity contribution in [3.63, 3.8) is 0 Å². The highest BCUT2D eigenvalue weighted by molar-refractivity contribution is 8.18. The van der Waals surface area contributed by atoms with E-state index < -0.39 is 5.97 Å². The van der Waals surface area contributed by atoms with Crippen LogP contribution in [-0.4, -0.2) is 32.2 Å². The zero-order valence-electron chi connectivity index (χ0n) is 12.1. The minimum absolute atomic E-state index is 0.251. The Labute approximate surface area is 140 Å². The Morgan fingerprint density at radius 2 is 2.00 bits per heavy atom. The lowest BCUT2D eigenvalue weighted by Crippen LogP contribution is -2.19. The van der Waals surface area contributed by atoms with Crippen LogP contribution in [0.3, 0.4) is 0 Å². The summed E-state index contributed by atoms with van der Waals surface area (Å²) in [5, 5.41) is 21.4. The minimum atomic E-state index is -1.25. The molecule has 24 heavy (non-hydrogen) atoms. The lowest BCUT2D eigenvalue weighted by atomic mass is 10.2. The third-order valence-corrected chi connectivity index (χ3v) is 4.01. The molecule has 1 aromatic heterocycles. The van der Waals surface area contributed by atoms with Gasteiger partial charge in [0.2, 0.25) is 0 Å². The van der Waals surface area contributed by atoms with Gasteiger partial charge in [0.15, 0.2) is 5.17 Å². The molecule has 0 bridgehead atoms. The molecule has 3 rings (SSSR count). The molecule has 1 amide bonds. The molecular weight excluding hydrogens is 330 g/mol. The summed E-state index contributed by atoms with van der Waals surface area (Å²) in [4.78, 5) is 31.6. The Kier molecular flexibility index (Phi) is 4.30. The van der Waals surface area contributed by atoms with Gasteiger partial charge in [-0.2, -0.15) is 0 Å². The molecule has 0 aliphatic carbocycles. The van der Waals surface area contributed by atoms with E-state index >= 15 is 0 Å². The van der Waals surface area contributed by atoms with Crippen molar-refractivity contribution in [3.8, 4) is 5.75 Å². The normalized spacial score (nSPS) is 17.2. The van der Waals surface area contributed by atoms with Crippen molar-refractivity contribution in [1.29, 1.82) is 0 Å². The summed E-state index contributed by atoms with van der Waals surface area (Å²) < 4.78 is 0. The van der Waals surface area contributed by atoms with Gasteiger partial charge in [-0.25, -0.2) is 9.79 Å². The number of hydrogen-bond donors (Lipinski definition) is 3. The number of amidine groups is 1. The molecule has 1 aliphatic rings. The second-order valence-corrected chi connectivity index (χ2v) is 5.80. The lowest BCUT2D eigenvalue weighted by Gasteiger charge is -2.01. The topological polar surface area (TPSA) is 112 Å². The van der Waals surface area contributed by atoms with Crippen molar-refractivity contribution in [1.82, 2.24) is 10.3 Å². The van der Waals surface area contributed by atoms with E-state index in [2.05, 4.69) is 15.3 Å². The van der Waals surface area contributed by atoms with Crippen LogP contribution in [0.5, 0.6) is 5.75 Å². The van der Waals surface area contributed by atoms with Crippen molar-refractivity contribution in [2.24, 2.45) is 4.99 Å². The first-order valence-corrected chi connectivity index (χ1v) is 7.60. The van der Waals surface area contributed by atoms with E-state index in [0.29, 0.717) is 15.8 Å². The predicted octanol–water partition coefficient (Wildman–Crippen LogP) is 2.38. The number of carbonyl (C=O) groups excluding carboxylic acids is 1. The molecule has 0 unspecified atom stereocenters. The summed E-state index contributed by atoms with van der Waals surface area (Å²) in [6, 6.07) is 7.50. The maximum atomic E-state index is 12.0. The Morgan fingerprint density at radius 1 is 1.25 bits per heavy atom. The van der Waals surface area contributed by atoms with E-state index in [1.54, 1.807) is 30.6 Å². The van der Waals surface area contributed by atoms with E-state index in [-0.39, 0.29) is 17.2 Å². The number of phenols is 1. The molecule has 0 spiro atoms. The molecule has 1 fully saturated rings. The Hall–Kier alpha value is -3.13. The van der Waals surface area contributed by atoms with Crippen molar-refractivity contribution < 1.29 is 19.8 Å². The first-order valence-electron chi connectivity index (χ1n) is 6.79. The van der Waals surface area contributed by atoms with Gasteiger partial charge in [-0.15, -0.1) is 0 Å². The van der Waals surface area contributed by atoms with Crippen LogP contribution in [-0.2, 0) is 4.79 Å². The van der Waals surface area contributed by atoms with Crippen molar-refractivity contribution >= 4 is 40.6 Å². The molecule has 0 atom stereocenters. The minimum Gasteiger partial charge on any atom is -0.507 e. The number of aromatic nitrogens is 1. The molecule has 2 aromatic rings. The number of aromatic hydroxyl groups is 1. The number of nitrogens with one attached hydrogen (secondary N) is 1. The summed E-state index contributed by atoms with van der Waals surface area (Å²) in [7, 11) is 0. The number of carboxylic acid groups (broad SMARTS) is 1. The van der Waals surface area contributed by atoms with Crippen LogP contribution in [0.25, 0.3) is 6.08 Å². The molecule has 8 heteroatoms. The van der Waals surface area contributed by atoms with Gasteiger partial charge in [-0.3, -0.25) is 9.78 Å². The fraction of sp³-hybridized carbons (Fsp3) is 0. The molecule has 0 saturated carbocycles. The fourth-order valence-corrected chi connectivity index (χ4v) is 2.82. The van der Waals surface area contributed by atoms with E-state index in [1.807, 2.05) is 0 Å². The van der Waals surface area contributed by atoms with Gasteiger partial charge in [0, 0.05) is 12.4 Å². The standard InChI is InChI=1S/C16H11N3O4S/c20-12-2-1-10(8-11(12)15(22)23)18-16-19-14(21)13(24-16)7-9-3-5-17-6-4-9/h1-8,20H,(H,22,23)(H,18,19,21)/b13-7-. The molecule has 1 saturated heterocycles.